The van der Waals surface area contributed by atoms with Crippen LogP contribution in [0.1, 0.15) is 45.4 Å². The van der Waals surface area contributed by atoms with Crippen LogP contribution >= 0.6 is 0 Å². The van der Waals surface area contributed by atoms with Crippen LogP contribution in [0, 0.1) is 5.92 Å². The van der Waals surface area contributed by atoms with Crippen molar-refractivity contribution in [1.29, 1.82) is 0 Å². The van der Waals surface area contributed by atoms with Gasteiger partial charge < -0.3 is 4.79 Å². The maximum atomic E-state index is 10.9. The molecule has 0 saturated heterocycles. The van der Waals surface area contributed by atoms with E-state index in [2.05, 4.69) is 0 Å². The van der Waals surface area contributed by atoms with Gasteiger partial charge in [0.1, 0.15) is 11.6 Å². The Bertz CT molecular complexity index is 174. The summed E-state index contributed by atoms with van der Waals surface area (Å²) >= 11 is 0. The first kappa shape index (κ1) is 9.43. The second kappa shape index (κ2) is 4.39. The topological polar surface area (TPSA) is 34.1 Å². The molecule has 0 aromatic rings. The smallest absolute Gasteiger partial charge is 0.132 e. The Morgan fingerprint density at radius 3 is 2.50 bits per heavy atom. The van der Waals surface area contributed by atoms with Gasteiger partial charge in [-0.25, -0.2) is 0 Å². The Labute approximate surface area is 73.3 Å². The van der Waals surface area contributed by atoms with Gasteiger partial charge in [-0.2, -0.15) is 0 Å². The van der Waals surface area contributed by atoms with E-state index in [-0.39, 0.29) is 5.78 Å². The molecular weight excluding hydrogens is 152 g/mol. The Kier molecular flexibility index (Phi) is 3.45. The molecule has 1 aliphatic carbocycles. The monoisotopic (exact) mass is 168 g/mol. The Hall–Kier alpha value is -0.660. The van der Waals surface area contributed by atoms with Crippen molar-refractivity contribution in [3.8, 4) is 0 Å². The number of hydrogen-bond donors (Lipinski definition) is 0. The van der Waals surface area contributed by atoms with Gasteiger partial charge in [-0.1, -0.05) is 0 Å². The highest BCUT2D eigenvalue weighted by atomic mass is 16.1. The van der Waals surface area contributed by atoms with Crippen molar-refractivity contribution in [2.45, 2.75) is 45.4 Å². The first-order valence-corrected chi connectivity index (χ1v) is 4.69. The highest BCUT2D eigenvalue weighted by molar-refractivity contribution is 5.79. The molecule has 0 bridgehead atoms. The SMILES string of the molecule is CC(=O)CCC1CCC(=O)CC1. The van der Waals surface area contributed by atoms with Gasteiger partial charge >= 0.3 is 0 Å². The van der Waals surface area contributed by atoms with E-state index in [1.165, 1.54) is 0 Å². The van der Waals surface area contributed by atoms with E-state index in [0.29, 0.717) is 18.1 Å². The lowest BCUT2D eigenvalue weighted by atomic mass is 9.85. The van der Waals surface area contributed by atoms with Gasteiger partial charge in [-0.05, 0) is 32.1 Å². The molecule has 12 heavy (non-hydrogen) atoms. The minimum absolute atomic E-state index is 0.270. The second-order valence-electron chi connectivity index (χ2n) is 3.72. The summed E-state index contributed by atoms with van der Waals surface area (Å²) in [6, 6.07) is 0. The van der Waals surface area contributed by atoms with E-state index in [1.807, 2.05) is 0 Å². The zero-order chi connectivity index (χ0) is 8.97. The zero-order valence-corrected chi connectivity index (χ0v) is 7.64. The molecule has 0 N–H and O–H groups in total. The van der Waals surface area contributed by atoms with E-state index in [0.717, 1.165) is 32.1 Å². The third kappa shape index (κ3) is 3.16. The van der Waals surface area contributed by atoms with Gasteiger partial charge in [0.05, 0.1) is 0 Å². The maximum absolute atomic E-state index is 10.9. The van der Waals surface area contributed by atoms with E-state index < -0.39 is 0 Å². The fourth-order valence-electron chi connectivity index (χ4n) is 1.70. The number of Topliss-reactive ketones (excluding diaryl/α,β-unsaturated/α-hetero) is 2. The molecule has 2 heteroatoms. The first-order chi connectivity index (χ1) is 5.68. The largest absolute Gasteiger partial charge is 0.300 e. The number of carbonyl (C=O) groups is 2. The van der Waals surface area contributed by atoms with Crippen molar-refractivity contribution >= 4 is 11.6 Å². The number of hydrogen-bond acceptors (Lipinski definition) is 2. The molecule has 0 aromatic carbocycles. The minimum atomic E-state index is 0.270. The summed E-state index contributed by atoms with van der Waals surface area (Å²) < 4.78 is 0. The molecule has 2 nitrogen and oxygen atoms in total. The molecule has 0 atom stereocenters. The summed E-state index contributed by atoms with van der Waals surface area (Å²) in [6.07, 6.45) is 5.17. The van der Waals surface area contributed by atoms with Crippen LogP contribution in [0.3, 0.4) is 0 Å². The van der Waals surface area contributed by atoms with Crippen molar-refractivity contribution in [3.05, 3.63) is 0 Å². The van der Waals surface area contributed by atoms with E-state index in [9.17, 15) is 9.59 Å². The van der Waals surface area contributed by atoms with Gasteiger partial charge in [0.25, 0.3) is 0 Å². The standard InChI is InChI=1S/C10H16O2/c1-8(11)2-3-9-4-6-10(12)7-5-9/h9H,2-7H2,1H3. The van der Waals surface area contributed by atoms with E-state index in [1.54, 1.807) is 6.92 Å². The number of ketones is 2. The van der Waals surface area contributed by atoms with Crippen molar-refractivity contribution in [3.63, 3.8) is 0 Å². The average Bonchev–Trinajstić information content (AvgIpc) is 2.03. The van der Waals surface area contributed by atoms with E-state index in [4.69, 9.17) is 0 Å². The summed E-state index contributed by atoms with van der Waals surface area (Å²) in [6.45, 7) is 1.63. The predicted molar refractivity (Wildman–Crippen MR) is 46.9 cm³/mol. The quantitative estimate of drug-likeness (QED) is 0.646. The van der Waals surface area contributed by atoms with Crippen LogP contribution < -0.4 is 0 Å². The van der Waals surface area contributed by atoms with Crippen LogP contribution in [0.4, 0.5) is 0 Å². The number of rotatable bonds is 3. The molecule has 0 radical (unpaired) electrons. The molecule has 1 rings (SSSR count). The first-order valence-electron chi connectivity index (χ1n) is 4.69. The van der Waals surface area contributed by atoms with Crippen LogP contribution in [0.5, 0.6) is 0 Å². The van der Waals surface area contributed by atoms with Gasteiger partial charge in [0, 0.05) is 19.3 Å². The fraction of sp³-hybridized carbons (Fsp3) is 0.800. The zero-order valence-electron chi connectivity index (χ0n) is 7.64. The lowest BCUT2D eigenvalue weighted by Gasteiger charge is -2.19. The van der Waals surface area contributed by atoms with Crippen LogP contribution in [-0.2, 0) is 9.59 Å². The molecule has 1 fully saturated rings. The van der Waals surface area contributed by atoms with Gasteiger partial charge in [-0.15, -0.1) is 0 Å². The Morgan fingerprint density at radius 2 is 2.00 bits per heavy atom. The number of carbonyl (C=O) groups excluding carboxylic acids is 2. The lowest BCUT2D eigenvalue weighted by Crippen LogP contribution is -2.14. The summed E-state index contributed by atoms with van der Waals surface area (Å²) in [7, 11) is 0. The highest BCUT2D eigenvalue weighted by Gasteiger charge is 2.18. The molecule has 1 aliphatic rings. The van der Waals surface area contributed by atoms with Gasteiger partial charge in [-0.3, -0.25) is 4.79 Å². The molecule has 1 saturated carbocycles. The molecule has 68 valence electrons. The normalized spacial score (nSPS) is 19.6. The van der Waals surface area contributed by atoms with Crippen LogP contribution in [0.15, 0.2) is 0 Å². The van der Waals surface area contributed by atoms with Crippen molar-refractivity contribution in [2.75, 3.05) is 0 Å². The predicted octanol–water partition coefficient (Wildman–Crippen LogP) is 2.11. The van der Waals surface area contributed by atoms with Gasteiger partial charge in [0.2, 0.25) is 0 Å². The summed E-state index contributed by atoms with van der Waals surface area (Å²) in [5.41, 5.74) is 0. The van der Waals surface area contributed by atoms with Crippen molar-refractivity contribution < 1.29 is 9.59 Å². The highest BCUT2D eigenvalue weighted by Crippen LogP contribution is 2.25. The van der Waals surface area contributed by atoms with Crippen molar-refractivity contribution in [2.24, 2.45) is 5.92 Å². The second-order valence-corrected chi connectivity index (χ2v) is 3.72. The molecule has 0 amide bonds. The van der Waals surface area contributed by atoms with E-state index >= 15 is 0 Å². The van der Waals surface area contributed by atoms with Gasteiger partial charge in [0.15, 0.2) is 0 Å². The van der Waals surface area contributed by atoms with Crippen molar-refractivity contribution in [1.82, 2.24) is 0 Å². The molecular formula is C10H16O2. The minimum Gasteiger partial charge on any atom is -0.300 e. The third-order valence-corrected chi connectivity index (χ3v) is 2.57. The van der Waals surface area contributed by atoms with Crippen LogP contribution in [0.2, 0.25) is 0 Å². The summed E-state index contributed by atoms with van der Waals surface area (Å²) in [4.78, 5) is 21.6. The molecule has 0 heterocycles. The molecule has 0 unspecified atom stereocenters. The Balaban J connectivity index is 2.17. The fourth-order valence-corrected chi connectivity index (χ4v) is 1.70. The summed E-state index contributed by atoms with van der Waals surface area (Å²) in [5, 5.41) is 0. The van der Waals surface area contributed by atoms with Crippen LogP contribution in [-0.4, -0.2) is 11.6 Å². The average molecular weight is 168 g/mol. The summed E-state index contributed by atoms with van der Waals surface area (Å²) in [5.74, 6) is 1.30. The molecule has 0 spiro atoms. The Morgan fingerprint density at radius 1 is 1.42 bits per heavy atom. The molecule has 0 aliphatic heterocycles. The maximum Gasteiger partial charge on any atom is 0.132 e. The lowest BCUT2D eigenvalue weighted by molar-refractivity contribution is -0.121. The third-order valence-electron chi connectivity index (χ3n) is 2.57. The molecule has 0 aromatic heterocycles. The van der Waals surface area contributed by atoms with Crippen LogP contribution in [0.25, 0.3) is 0 Å².